The van der Waals surface area contributed by atoms with Crippen LogP contribution in [0.5, 0.6) is 0 Å². The van der Waals surface area contributed by atoms with E-state index in [1.807, 2.05) is 6.92 Å². The van der Waals surface area contributed by atoms with Crippen molar-refractivity contribution in [1.29, 1.82) is 0 Å². The Hall–Kier alpha value is -1.94. The maximum absolute atomic E-state index is 6.02. The van der Waals surface area contributed by atoms with Crippen molar-refractivity contribution in [2.24, 2.45) is 0 Å². The van der Waals surface area contributed by atoms with Crippen molar-refractivity contribution in [3.05, 3.63) is 53.0 Å². The summed E-state index contributed by atoms with van der Waals surface area (Å²) in [4.78, 5) is 11.6. The van der Waals surface area contributed by atoms with Crippen molar-refractivity contribution in [2.75, 3.05) is 24.6 Å². The third-order valence-corrected chi connectivity index (χ3v) is 4.30. The Morgan fingerprint density at radius 2 is 1.96 bits per heavy atom. The molecule has 0 saturated carbocycles. The minimum atomic E-state index is 0.0997. The summed E-state index contributed by atoms with van der Waals surface area (Å²) in [5.41, 5.74) is 3.57. The number of hydrogen-bond donors (Lipinski definition) is 0. The van der Waals surface area contributed by atoms with Gasteiger partial charge in [0.15, 0.2) is 0 Å². The molecule has 2 heterocycles. The van der Waals surface area contributed by atoms with Crippen molar-refractivity contribution in [3.63, 3.8) is 0 Å². The van der Waals surface area contributed by atoms with Crippen molar-refractivity contribution in [2.45, 2.75) is 39.7 Å². The number of nitrogens with zero attached hydrogens (tertiary/aromatic N) is 3. The second kappa shape index (κ2) is 6.67. The number of benzene rings is 1. The summed E-state index contributed by atoms with van der Waals surface area (Å²) in [6, 6.07) is 10.5. The van der Waals surface area contributed by atoms with Gasteiger partial charge in [0, 0.05) is 30.8 Å². The van der Waals surface area contributed by atoms with Crippen molar-refractivity contribution in [1.82, 2.24) is 9.97 Å². The van der Waals surface area contributed by atoms with Crippen molar-refractivity contribution >= 4 is 5.82 Å². The lowest BCUT2D eigenvalue weighted by Crippen LogP contribution is -2.39. The largest absolute Gasteiger partial charge is 0.370 e. The molecular weight excluding hydrogens is 286 g/mol. The smallest absolute Gasteiger partial charge is 0.133 e. The minimum Gasteiger partial charge on any atom is -0.370 e. The molecule has 1 aromatic carbocycles. The van der Waals surface area contributed by atoms with E-state index in [0.29, 0.717) is 5.92 Å². The molecule has 4 nitrogen and oxygen atoms in total. The molecule has 1 fully saturated rings. The average Bonchev–Trinajstić information content (AvgIpc) is 2.55. The number of hydrogen-bond acceptors (Lipinski definition) is 4. The fraction of sp³-hybridized carbons (Fsp3) is 0.474. The fourth-order valence-corrected chi connectivity index (χ4v) is 2.99. The van der Waals surface area contributed by atoms with Crippen molar-refractivity contribution in [3.8, 4) is 0 Å². The van der Waals surface area contributed by atoms with E-state index in [-0.39, 0.29) is 6.10 Å². The van der Waals surface area contributed by atoms with Gasteiger partial charge in [0.05, 0.1) is 6.61 Å². The molecular formula is C19H25N3O. The van der Waals surface area contributed by atoms with Crippen LogP contribution in [0.15, 0.2) is 30.3 Å². The summed E-state index contributed by atoms with van der Waals surface area (Å²) in [5, 5.41) is 0. The maximum Gasteiger partial charge on any atom is 0.133 e. The first-order valence-corrected chi connectivity index (χ1v) is 8.32. The molecule has 0 N–H and O–H groups in total. The summed E-state index contributed by atoms with van der Waals surface area (Å²) in [5.74, 6) is 2.27. The topological polar surface area (TPSA) is 38.2 Å². The van der Waals surface area contributed by atoms with Crippen LogP contribution in [0.4, 0.5) is 5.82 Å². The molecule has 23 heavy (non-hydrogen) atoms. The molecule has 2 aromatic rings. The molecule has 0 radical (unpaired) electrons. The monoisotopic (exact) mass is 311 g/mol. The zero-order valence-corrected chi connectivity index (χ0v) is 14.4. The number of anilines is 1. The first-order valence-electron chi connectivity index (χ1n) is 8.32. The van der Waals surface area contributed by atoms with Crippen LogP contribution < -0.4 is 4.90 Å². The molecule has 1 atom stereocenters. The Morgan fingerprint density at radius 3 is 2.70 bits per heavy atom. The Labute approximate surface area is 138 Å². The van der Waals surface area contributed by atoms with E-state index in [0.717, 1.165) is 37.0 Å². The van der Waals surface area contributed by atoms with Crippen LogP contribution in [-0.2, 0) is 4.74 Å². The Kier molecular flexibility index (Phi) is 4.62. The van der Waals surface area contributed by atoms with E-state index in [1.165, 1.54) is 11.1 Å². The molecule has 4 heteroatoms. The van der Waals surface area contributed by atoms with Gasteiger partial charge in [-0.15, -0.1) is 0 Å². The predicted molar refractivity (Wildman–Crippen MR) is 92.9 cm³/mol. The molecule has 0 amide bonds. The lowest BCUT2D eigenvalue weighted by Gasteiger charge is -2.34. The van der Waals surface area contributed by atoms with Crippen LogP contribution in [0.25, 0.3) is 0 Å². The summed E-state index contributed by atoms with van der Waals surface area (Å²) in [6.45, 7) is 10.9. The lowest BCUT2D eigenvalue weighted by molar-refractivity contribution is 0.0391. The highest BCUT2D eigenvalue weighted by molar-refractivity contribution is 5.42. The van der Waals surface area contributed by atoms with Crippen LogP contribution in [0.3, 0.4) is 0 Å². The molecule has 0 spiro atoms. The number of ether oxygens (including phenoxy) is 1. The van der Waals surface area contributed by atoms with Gasteiger partial charge in [-0.05, 0) is 25.0 Å². The number of morpholine rings is 1. The minimum absolute atomic E-state index is 0.0997. The van der Waals surface area contributed by atoms with Gasteiger partial charge in [0.1, 0.15) is 17.7 Å². The number of aryl methyl sites for hydroxylation is 2. The van der Waals surface area contributed by atoms with Crippen LogP contribution in [0.2, 0.25) is 0 Å². The SMILES string of the molecule is Cc1cc(N2CCOC(c3ccccc3C)C2)nc(C(C)C)n1. The quantitative estimate of drug-likeness (QED) is 0.864. The predicted octanol–water partition coefficient (Wildman–Crippen LogP) is 3.79. The molecule has 1 aliphatic rings. The molecule has 0 bridgehead atoms. The lowest BCUT2D eigenvalue weighted by atomic mass is 10.0. The second-order valence-electron chi connectivity index (χ2n) is 6.54. The van der Waals surface area contributed by atoms with E-state index < -0.39 is 0 Å². The highest BCUT2D eigenvalue weighted by atomic mass is 16.5. The van der Waals surface area contributed by atoms with Gasteiger partial charge in [-0.1, -0.05) is 38.1 Å². The zero-order chi connectivity index (χ0) is 16.4. The standard InChI is InChI=1S/C19H25N3O/c1-13(2)19-20-15(4)11-18(21-19)22-9-10-23-17(12-22)16-8-6-5-7-14(16)3/h5-8,11,13,17H,9-10,12H2,1-4H3. The van der Waals surface area contributed by atoms with Crippen LogP contribution in [0, 0.1) is 13.8 Å². The molecule has 1 saturated heterocycles. The van der Waals surface area contributed by atoms with E-state index >= 15 is 0 Å². The number of aromatic nitrogens is 2. The highest BCUT2D eigenvalue weighted by Crippen LogP contribution is 2.28. The summed E-state index contributed by atoms with van der Waals surface area (Å²) in [6.07, 6.45) is 0.0997. The third-order valence-electron chi connectivity index (χ3n) is 4.30. The molecule has 1 aromatic heterocycles. The fourth-order valence-electron chi connectivity index (χ4n) is 2.99. The maximum atomic E-state index is 6.02. The first kappa shape index (κ1) is 15.9. The van der Waals surface area contributed by atoms with Gasteiger partial charge in [-0.3, -0.25) is 0 Å². The van der Waals surface area contributed by atoms with Crippen LogP contribution in [0.1, 0.15) is 48.5 Å². The van der Waals surface area contributed by atoms with Crippen LogP contribution in [-0.4, -0.2) is 29.7 Å². The molecule has 122 valence electrons. The Bertz CT molecular complexity index is 684. The third kappa shape index (κ3) is 3.53. The van der Waals surface area contributed by atoms with Gasteiger partial charge < -0.3 is 9.64 Å². The normalized spacial score (nSPS) is 18.5. The van der Waals surface area contributed by atoms with E-state index in [1.54, 1.807) is 0 Å². The second-order valence-corrected chi connectivity index (χ2v) is 6.54. The molecule has 0 aliphatic carbocycles. The van der Waals surface area contributed by atoms with E-state index in [4.69, 9.17) is 9.72 Å². The molecule has 1 unspecified atom stereocenters. The van der Waals surface area contributed by atoms with Gasteiger partial charge in [-0.2, -0.15) is 0 Å². The Morgan fingerprint density at radius 1 is 1.17 bits per heavy atom. The molecule has 3 rings (SSSR count). The van der Waals surface area contributed by atoms with Gasteiger partial charge >= 0.3 is 0 Å². The summed E-state index contributed by atoms with van der Waals surface area (Å²) in [7, 11) is 0. The van der Waals surface area contributed by atoms with E-state index in [2.05, 4.69) is 61.0 Å². The van der Waals surface area contributed by atoms with Gasteiger partial charge in [-0.25, -0.2) is 9.97 Å². The van der Waals surface area contributed by atoms with E-state index in [9.17, 15) is 0 Å². The number of rotatable bonds is 3. The Balaban J connectivity index is 1.85. The van der Waals surface area contributed by atoms with Crippen LogP contribution >= 0.6 is 0 Å². The average molecular weight is 311 g/mol. The van der Waals surface area contributed by atoms with Crippen molar-refractivity contribution < 1.29 is 4.74 Å². The van der Waals surface area contributed by atoms with Gasteiger partial charge in [0.25, 0.3) is 0 Å². The highest BCUT2D eigenvalue weighted by Gasteiger charge is 2.24. The molecule has 1 aliphatic heterocycles. The summed E-state index contributed by atoms with van der Waals surface area (Å²) < 4.78 is 6.02. The first-order chi connectivity index (χ1) is 11.0. The van der Waals surface area contributed by atoms with Gasteiger partial charge in [0.2, 0.25) is 0 Å². The zero-order valence-electron chi connectivity index (χ0n) is 14.4. The summed E-state index contributed by atoms with van der Waals surface area (Å²) >= 11 is 0.